The van der Waals surface area contributed by atoms with E-state index in [1.807, 2.05) is 24.4 Å². The van der Waals surface area contributed by atoms with Crippen molar-refractivity contribution >= 4 is 23.3 Å². The van der Waals surface area contributed by atoms with E-state index >= 15 is 0 Å². The molecule has 2 heterocycles. The molecule has 1 unspecified atom stereocenters. The Morgan fingerprint density at radius 2 is 1.75 bits per heavy atom. The third-order valence-electron chi connectivity index (χ3n) is 7.88. The molecule has 2 amide bonds. The molecular formula is C30H35ClN4O. The highest BCUT2D eigenvalue weighted by Crippen LogP contribution is 2.36. The van der Waals surface area contributed by atoms with E-state index in [1.165, 1.54) is 44.1 Å². The average molecular weight is 503 g/mol. The number of likely N-dealkylation sites (tertiary alicyclic amines) is 1. The van der Waals surface area contributed by atoms with Gasteiger partial charge in [0.25, 0.3) is 0 Å². The summed E-state index contributed by atoms with van der Waals surface area (Å²) in [7, 11) is 0. The number of pyridine rings is 1. The van der Waals surface area contributed by atoms with Crippen molar-refractivity contribution in [1.29, 1.82) is 0 Å². The Kier molecular flexibility index (Phi) is 8.19. The van der Waals surface area contributed by atoms with Crippen LogP contribution in [-0.4, -0.2) is 41.6 Å². The Hall–Kier alpha value is -2.89. The minimum Gasteiger partial charge on any atom is -0.337 e. The first-order chi connectivity index (χ1) is 17.7. The van der Waals surface area contributed by atoms with E-state index in [1.54, 1.807) is 18.3 Å². The van der Waals surface area contributed by atoms with Gasteiger partial charge in [-0.3, -0.25) is 4.98 Å². The largest absolute Gasteiger partial charge is 0.337 e. The van der Waals surface area contributed by atoms with Gasteiger partial charge in [-0.1, -0.05) is 60.8 Å². The number of amides is 2. The maximum atomic E-state index is 12.7. The molecule has 2 N–H and O–H groups in total. The Labute approximate surface area is 219 Å². The van der Waals surface area contributed by atoms with Gasteiger partial charge in [0.1, 0.15) is 0 Å². The highest BCUT2D eigenvalue weighted by atomic mass is 35.5. The summed E-state index contributed by atoms with van der Waals surface area (Å²) in [5.41, 5.74) is 4.25. The number of aromatic nitrogens is 1. The van der Waals surface area contributed by atoms with Gasteiger partial charge < -0.3 is 15.5 Å². The SMILES string of the molecule is O=C(NCC(c1ccc(-c2cccnc2)cc1)C1CCN(C2CCCC2)CC1)Nc1cccc(Cl)c1. The molecule has 5 rings (SSSR count). The molecule has 0 radical (unpaired) electrons. The van der Waals surface area contributed by atoms with Crippen LogP contribution in [0, 0.1) is 5.92 Å². The van der Waals surface area contributed by atoms with Crippen molar-refractivity contribution in [2.24, 2.45) is 5.92 Å². The number of hydrogen-bond acceptors (Lipinski definition) is 3. The minimum absolute atomic E-state index is 0.197. The molecule has 2 aliphatic rings. The lowest BCUT2D eigenvalue weighted by Gasteiger charge is -2.39. The Balaban J connectivity index is 1.28. The quantitative estimate of drug-likeness (QED) is 0.367. The molecule has 6 heteroatoms. The number of nitrogens with zero attached hydrogens (tertiary/aromatic N) is 2. The molecule has 0 spiro atoms. The second-order valence-corrected chi connectivity index (χ2v) is 10.6. The normalized spacial score (nSPS) is 18.1. The van der Waals surface area contributed by atoms with Gasteiger partial charge in [0.15, 0.2) is 0 Å². The molecule has 0 bridgehead atoms. The van der Waals surface area contributed by atoms with Gasteiger partial charge >= 0.3 is 6.03 Å². The summed E-state index contributed by atoms with van der Waals surface area (Å²) in [6.45, 7) is 2.93. The van der Waals surface area contributed by atoms with E-state index in [-0.39, 0.29) is 11.9 Å². The van der Waals surface area contributed by atoms with Crippen LogP contribution in [0.5, 0.6) is 0 Å². The van der Waals surface area contributed by atoms with E-state index < -0.39 is 0 Å². The van der Waals surface area contributed by atoms with Gasteiger partial charge in [0.05, 0.1) is 0 Å². The summed E-state index contributed by atoms with van der Waals surface area (Å²) in [5.74, 6) is 0.808. The summed E-state index contributed by atoms with van der Waals surface area (Å²) in [6, 6.07) is 20.7. The lowest BCUT2D eigenvalue weighted by Crippen LogP contribution is -2.43. The molecule has 1 atom stereocenters. The van der Waals surface area contributed by atoms with Crippen LogP contribution in [0.15, 0.2) is 73.1 Å². The number of benzene rings is 2. The van der Waals surface area contributed by atoms with Crippen LogP contribution in [0.25, 0.3) is 11.1 Å². The number of halogens is 1. The molecular weight excluding hydrogens is 468 g/mol. The number of piperidine rings is 1. The van der Waals surface area contributed by atoms with Crippen LogP contribution in [0.2, 0.25) is 5.02 Å². The summed E-state index contributed by atoms with van der Waals surface area (Å²) in [4.78, 5) is 19.7. The van der Waals surface area contributed by atoms with Gasteiger partial charge in [0.2, 0.25) is 0 Å². The monoisotopic (exact) mass is 502 g/mol. The maximum Gasteiger partial charge on any atom is 0.319 e. The zero-order valence-corrected chi connectivity index (χ0v) is 21.5. The van der Waals surface area contributed by atoms with E-state index in [0.717, 1.165) is 30.3 Å². The summed E-state index contributed by atoms with van der Waals surface area (Å²) in [6.07, 6.45) is 11.5. The van der Waals surface area contributed by atoms with Crippen LogP contribution in [-0.2, 0) is 0 Å². The molecule has 188 valence electrons. The molecule has 36 heavy (non-hydrogen) atoms. The zero-order valence-electron chi connectivity index (χ0n) is 20.7. The molecule has 1 aliphatic heterocycles. The fraction of sp³-hybridized carbons (Fsp3) is 0.400. The molecule has 2 fully saturated rings. The van der Waals surface area contributed by atoms with Crippen molar-refractivity contribution in [3.8, 4) is 11.1 Å². The molecule has 1 aromatic heterocycles. The number of anilines is 1. The third kappa shape index (κ3) is 6.26. The smallest absolute Gasteiger partial charge is 0.319 e. The second-order valence-electron chi connectivity index (χ2n) is 10.1. The molecule has 1 aliphatic carbocycles. The highest BCUT2D eigenvalue weighted by molar-refractivity contribution is 6.30. The Morgan fingerprint density at radius 1 is 0.972 bits per heavy atom. The van der Waals surface area contributed by atoms with E-state index in [9.17, 15) is 4.79 Å². The molecule has 3 aromatic rings. The van der Waals surface area contributed by atoms with Crippen LogP contribution < -0.4 is 10.6 Å². The van der Waals surface area contributed by atoms with E-state index in [0.29, 0.717) is 23.2 Å². The lowest BCUT2D eigenvalue weighted by atomic mass is 9.79. The first-order valence-corrected chi connectivity index (χ1v) is 13.6. The van der Waals surface area contributed by atoms with Gasteiger partial charge in [-0.2, -0.15) is 0 Å². The number of carbonyl (C=O) groups is 1. The first-order valence-electron chi connectivity index (χ1n) is 13.2. The molecule has 2 aromatic carbocycles. The minimum atomic E-state index is -0.197. The van der Waals surface area contributed by atoms with Gasteiger partial charge in [-0.25, -0.2) is 4.79 Å². The molecule has 1 saturated carbocycles. The van der Waals surface area contributed by atoms with Crippen molar-refractivity contribution in [3.63, 3.8) is 0 Å². The topological polar surface area (TPSA) is 57.3 Å². The van der Waals surface area contributed by atoms with Gasteiger partial charge in [-0.15, -0.1) is 0 Å². The van der Waals surface area contributed by atoms with Crippen molar-refractivity contribution in [3.05, 3.63) is 83.6 Å². The number of urea groups is 1. The van der Waals surface area contributed by atoms with Crippen molar-refractivity contribution in [2.45, 2.75) is 50.5 Å². The van der Waals surface area contributed by atoms with Crippen LogP contribution in [0.1, 0.15) is 50.0 Å². The number of rotatable bonds is 7. The summed E-state index contributed by atoms with van der Waals surface area (Å²) < 4.78 is 0. The summed E-state index contributed by atoms with van der Waals surface area (Å²) >= 11 is 6.07. The van der Waals surface area contributed by atoms with Gasteiger partial charge in [0, 0.05) is 41.6 Å². The fourth-order valence-corrected chi connectivity index (χ4v) is 6.10. The Morgan fingerprint density at radius 3 is 2.44 bits per heavy atom. The molecule has 1 saturated heterocycles. The van der Waals surface area contributed by atoms with Crippen LogP contribution in [0.3, 0.4) is 0 Å². The van der Waals surface area contributed by atoms with Crippen molar-refractivity contribution in [1.82, 2.24) is 15.2 Å². The highest BCUT2D eigenvalue weighted by Gasteiger charge is 2.31. The van der Waals surface area contributed by atoms with Crippen LogP contribution in [0.4, 0.5) is 10.5 Å². The predicted molar refractivity (Wildman–Crippen MR) is 147 cm³/mol. The predicted octanol–water partition coefficient (Wildman–Crippen LogP) is 6.96. The first kappa shape index (κ1) is 24.8. The number of carbonyl (C=O) groups excluding carboxylic acids is 1. The van der Waals surface area contributed by atoms with Crippen molar-refractivity contribution < 1.29 is 4.79 Å². The zero-order chi connectivity index (χ0) is 24.7. The van der Waals surface area contributed by atoms with E-state index in [4.69, 9.17) is 11.6 Å². The van der Waals surface area contributed by atoms with Crippen LogP contribution >= 0.6 is 11.6 Å². The Bertz CT molecular complexity index is 1120. The maximum absolute atomic E-state index is 12.7. The third-order valence-corrected chi connectivity index (χ3v) is 8.12. The molecule has 5 nitrogen and oxygen atoms in total. The van der Waals surface area contributed by atoms with Crippen molar-refractivity contribution in [2.75, 3.05) is 25.0 Å². The number of nitrogens with one attached hydrogen (secondary N) is 2. The summed E-state index contributed by atoms with van der Waals surface area (Å²) in [5, 5.41) is 6.66. The average Bonchev–Trinajstić information content (AvgIpc) is 3.45. The lowest BCUT2D eigenvalue weighted by molar-refractivity contribution is 0.123. The fourth-order valence-electron chi connectivity index (χ4n) is 5.91. The van der Waals surface area contributed by atoms with Gasteiger partial charge in [-0.05, 0) is 85.6 Å². The number of hydrogen-bond donors (Lipinski definition) is 2. The standard InChI is InChI=1S/C30H35ClN4O/c31-26-6-3-7-27(19-26)34-30(36)33-21-29(24-14-17-35(18-15-24)28-8-1-2-9-28)23-12-10-22(11-13-23)25-5-4-16-32-20-25/h3-7,10-13,16,19-20,24,28-29H,1-2,8-9,14-15,17-18,21H2,(H2,33,34,36). The second kappa shape index (κ2) is 11.9. The van der Waals surface area contributed by atoms with E-state index in [2.05, 4.69) is 50.8 Å².